The van der Waals surface area contributed by atoms with Crippen LogP contribution in [0, 0.1) is 11.8 Å². The Morgan fingerprint density at radius 1 is 1.00 bits per heavy atom. The van der Waals surface area contributed by atoms with Crippen molar-refractivity contribution >= 4 is 26.8 Å². The summed E-state index contributed by atoms with van der Waals surface area (Å²) in [5, 5.41) is 7.42. The Morgan fingerprint density at radius 3 is 2.50 bits per heavy atom. The lowest BCUT2D eigenvalue weighted by Crippen LogP contribution is -2.16. The number of anilines is 1. The van der Waals surface area contributed by atoms with Gasteiger partial charge in [0.05, 0.1) is 16.9 Å². The van der Waals surface area contributed by atoms with E-state index in [1.54, 1.807) is 23.1 Å². The standard InChI is InChI=1S/C30H27F2N7O4S/c1-44(40,41)26-13-18(4-9-25(26)43-29(31)32)23-7-8-24-27(36-23)28(42-22-11-19-10-20(19)12-22)38-30(37-24)34-14-17-2-5-21(6-3-17)39-16-33-15-35-39/h2-9,13,15-16,19-20,22,29H,10-12,14H2,1H3,(H,34,37,38)/t19-,20+,22?. The van der Waals surface area contributed by atoms with Crippen molar-refractivity contribution in [1.82, 2.24) is 29.7 Å². The Bertz CT molecular complexity index is 1930. The van der Waals surface area contributed by atoms with E-state index in [1.807, 2.05) is 24.3 Å². The topological polar surface area (TPSA) is 134 Å². The number of aromatic nitrogens is 6. The lowest BCUT2D eigenvalue weighted by Gasteiger charge is -2.17. The summed E-state index contributed by atoms with van der Waals surface area (Å²) in [6, 6.07) is 15.2. The second kappa shape index (κ2) is 11.1. The van der Waals surface area contributed by atoms with Gasteiger partial charge in [0.25, 0.3) is 0 Å². The number of alkyl halides is 2. The molecule has 2 aliphatic carbocycles. The van der Waals surface area contributed by atoms with Crippen molar-refractivity contribution in [3.05, 3.63) is 72.8 Å². The normalized spacial score (nSPS) is 19.2. The fourth-order valence-electron chi connectivity index (χ4n) is 5.66. The Kier molecular flexibility index (Phi) is 7.07. The zero-order valence-electron chi connectivity index (χ0n) is 23.5. The largest absolute Gasteiger partial charge is 0.473 e. The van der Waals surface area contributed by atoms with E-state index in [9.17, 15) is 17.2 Å². The van der Waals surface area contributed by atoms with Gasteiger partial charge >= 0.3 is 6.61 Å². The number of nitrogens with zero attached hydrogens (tertiary/aromatic N) is 6. The summed E-state index contributed by atoms with van der Waals surface area (Å²) >= 11 is 0. The maximum atomic E-state index is 12.9. The summed E-state index contributed by atoms with van der Waals surface area (Å²) in [6.07, 6.45) is 7.22. The lowest BCUT2D eigenvalue weighted by molar-refractivity contribution is -0.0517. The van der Waals surface area contributed by atoms with Crippen LogP contribution in [0.4, 0.5) is 14.7 Å². The number of nitrogens with one attached hydrogen (secondary N) is 1. The number of hydrogen-bond acceptors (Lipinski definition) is 10. The van der Waals surface area contributed by atoms with Crippen molar-refractivity contribution in [3.63, 3.8) is 0 Å². The molecule has 0 amide bonds. The van der Waals surface area contributed by atoms with Crippen LogP contribution in [0.25, 0.3) is 28.0 Å². The van der Waals surface area contributed by atoms with Crippen molar-refractivity contribution in [2.24, 2.45) is 11.8 Å². The molecule has 0 saturated heterocycles. The van der Waals surface area contributed by atoms with Gasteiger partial charge in [-0.05, 0) is 79.1 Å². The minimum Gasteiger partial charge on any atom is -0.473 e. The van der Waals surface area contributed by atoms with Crippen LogP contribution in [-0.2, 0) is 16.4 Å². The van der Waals surface area contributed by atoms with E-state index < -0.39 is 22.2 Å². The van der Waals surface area contributed by atoms with E-state index in [1.165, 1.54) is 30.9 Å². The maximum Gasteiger partial charge on any atom is 0.387 e. The quantitative estimate of drug-likeness (QED) is 0.226. The van der Waals surface area contributed by atoms with Crippen molar-refractivity contribution in [2.75, 3.05) is 11.6 Å². The van der Waals surface area contributed by atoms with Crippen LogP contribution in [0.3, 0.4) is 0 Å². The fraction of sp³-hybridized carbons (Fsp3) is 0.300. The summed E-state index contributed by atoms with van der Waals surface area (Å²) in [7, 11) is -3.88. The molecular weight excluding hydrogens is 592 g/mol. The number of halogens is 2. The van der Waals surface area contributed by atoms with Crippen LogP contribution < -0.4 is 14.8 Å². The fourth-order valence-corrected chi connectivity index (χ4v) is 6.49. The van der Waals surface area contributed by atoms with Crippen LogP contribution in [-0.4, -0.2) is 57.1 Å². The van der Waals surface area contributed by atoms with Gasteiger partial charge < -0.3 is 14.8 Å². The van der Waals surface area contributed by atoms with Gasteiger partial charge in [-0.15, -0.1) is 0 Å². The molecule has 5 aromatic rings. The number of hydrogen-bond donors (Lipinski definition) is 1. The second-order valence-corrected chi connectivity index (χ2v) is 13.0. The molecule has 1 N–H and O–H groups in total. The lowest BCUT2D eigenvalue weighted by atomic mass is 10.1. The number of ether oxygens (including phenoxy) is 2. The van der Waals surface area contributed by atoms with E-state index in [4.69, 9.17) is 9.72 Å². The molecule has 11 nitrogen and oxygen atoms in total. The van der Waals surface area contributed by atoms with E-state index in [0.717, 1.165) is 30.3 Å². The molecule has 2 saturated carbocycles. The van der Waals surface area contributed by atoms with Gasteiger partial charge in [0.2, 0.25) is 11.8 Å². The monoisotopic (exact) mass is 619 g/mol. The molecule has 2 fully saturated rings. The van der Waals surface area contributed by atoms with Gasteiger partial charge in [-0.2, -0.15) is 18.9 Å². The molecule has 3 heterocycles. The van der Waals surface area contributed by atoms with Crippen LogP contribution >= 0.6 is 0 Å². The third kappa shape index (κ3) is 5.89. The first-order chi connectivity index (χ1) is 21.2. The summed E-state index contributed by atoms with van der Waals surface area (Å²) in [5.74, 6) is 1.66. The average molecular weight is 620 g/mol. The molecule has 7 rings (SSSR count). The second-order valence-electron chi connectivity index (χ2n) is 11.1. The molecule has 3 atom stereocenters. The van der Waals surface area contributed by atoms with Gasteiger partial charge in [0, 0.05) is 18.4 Å². The van der Waals surface area contributed by atoms with E-state index in [2.05, 4.69) is 30.1 Å². The van der Waals surface area contributed by atoms with Crippen molar-refractivity contribution in [2.45, 2.75) is 43.4 Å². The minimum atomic E-state index is -3.88. The first kappa shape index (κ1) is 28.1. The zero-order valence-corrected chi connectivity index (χ0v) is 24.3. The van der Waals surface area contributed by atoms with Crippen molar-refractivity contribution in [1.29, 1.82) is 0 Å². The van der Waals surface area contributed by atoms with E-state index in [0.29, 0.717) is 52.5 Å². The first-order valence-electron chi connectivity index (χ1n) is 14.0. The highest BCUT2D eigenvalue weighted by molar-refractivity contribution is 7.90. The summed E-state index contributed by atoms with van der Waals surface area (Å²) in [5.41, 5.74) is 3.65. The van der Waals surface area contributed by atoms with Crippen LogP contribution in [0.2, 0.25) is 0 Å². The number of pyridine rings is 1. The van der Waals surface area contributed by atoms with Gasteiger partial charge in [-0.1, -0.05) is 12.1 Å². The smallest absolute Gasteiger partial charge is 0.387 e. The molecule has 226 valence electrons. The molecule has 0 aliphatic heterocycles. The van der Waals surface area contributed by atoms with Crippen LogP contribution in [0.5, 0.6) is 11.6 Å². The highest BCUT2D eigenvalue weighted by Gasteiger charge is 2.47. The highest BCUT2D eigenvalue weighted by Crippen LogP contribution is 2.52. The predicted octanol–water partition coefficient (Wildman–Crippen LogP) is 5.07. The Balaban J connectivity index is 1.20. The summed E-state index contributed by atoms with van der Waals surface area (Å²) < 4.78 is 63.1. The Hall–Kier alpha value is -4.72. The molecule has 0 radical (unpaired) electrons. The molecule has 14 heteroatoms. The number of rotatable bonds is 10. The number of fused-ring (bicyclic) bond motifs is 2. The molecule has 44 heavy (non-hydrogen) atoms. The van der Waals surface area contributed by atoms with Crippen molar-refractivity contribution < 1.29 is 26.7 Å². The average Bonchev–Trinajstić information content (AvgIpc) is 3.34. The van der Waals surface area contributed by atoms with Crippen molar-refractivity contribution in [3.8, 4) is 28.6 Å². The number of benzene rings is 2. The number of sulfone groups is 1. The SMILES string of the molecule is CS(=O)(=O)c1cc(-c2ccc3nc(NCc4ccc(-n5cncn5)cc4)nc(OC4C[C@@H]5C[C@@H]5C4)c3n2)ccc1OC(F)F. The molecule has 0 spiro atoms. The molecule has 1 unspecified atom stereocenters. The Morgan fingerprint density at radius 2 is 1.80 bits per heavy atom. The maximum absolute atomic E-state index is 12.9. The minimum absolute atomic E-state index is 0.0158. The highest BCUT2D eigenvalue weighted by atomic mass is 32.2. The third-order valence-electron chi connectivity index (χ3n) is 7.91. The van der Waals surface area contributed by atoms with E-state index in [-0.39, 0.29) is 11.0 Å². The van der Waals surface area contributed by atoms with E-state index >= 15 is 0 Å². The first-order valence-corrected chi connectivity index (χ1v) is 15.9. The molecular formula is C30H27F2N7O4S. The van der Waals surface area contributed by atoms with Crippen LogP contribution in [0.15, 0.2) is 72.1 Å². The zero-order chi connectivity index (χ0) is 30.4. The van der Waals surface area contributed by atoms with Gasteiger partial charge in [0.1, 0.15) is 29.4 Å². The summed E-state index contributed by atoms with van der Waals surface area (Å²) in [6.45, 7) is -2.70. The molecule has 2 aliphatic rings. The summed E-state index contributed by atoms with van der Waals surface area (Å²) in [4.78, 5) is 17.7. The molecule has 2 aromatic carbocycles. The molecule has 3 aromatic heterocycles. The third-order valence-corrected chi connectivity index (χ3v) is 9.03. The van der Waals surface area contributed by atoms with Gasteiger partial charge in [-0.25, -0.2) is 28.1 Å². The van der Waals surface area contributed by atoms with Gasteiger partial charge in [0.15, 0.2) is 15.4 Å². The molecule has 0 bridgehead atoms. The van der Waals surface area contributed by atoms with Crippen LogP contribution in [0.1, 0.15) is 24.8 Å². The van der Waals surface area contributed by atoms with Gasteiger partial charge in [-0.3, -0.25) is 0 Å². The predicted molar refractivity (Wildman–Crippen MR) is 156 cm³/mol. The Labute approximate surface area is 251 Å².